The third-order valence-corrected chi connectivity index (χ3v) is 7.19. The smallest absolute Gasteiger partial charge is 0.254 e. The molecule has 1 heterocycles. The van der Waals surface area contributed by atoms with Crippen LogP contribution in [0.5, 0.6) is 0 Å². The van der Waals surface area contributed by atoms with Crippen molar-refractivity contribution in [3.63, 3.8) is 0 Å². The average Bonchev–Trinajstić information content (AvgIpc) is 2.88. The standard InChI is InChI=1S/C27H31BrFN5O2/c1-31-14-23(17-4-3-5-19(28)12-17)34-27(35)21-11-8-18(13-22(21)29)25-26(30)32-15-24(33-25)16-6-9-20(36-2)10-7-16/h3-5,8,11-13,15-16,20,23,31H,6-7,9-10,14H2,1-2H3,(H2,30,32)(H,34,35)/t16?,20?,23-/m1/s1. The van der Waals surface area contributed by atoms with E-state index in [-0.39, 0.29) is 29.4 Å². The fourth-order valence-corrected chi connectivity index (χ4v) is 5.09. The maximum atomic E-state index is 15.2. The highest BCUT2D eigenvalue weighted by atomic mass is 79.9. The van der Waals surface area contributed by atoms with E-state index in [0.717, 1.165) is 41.4 Å². The van der Waals surface area contributed by atoms with Gasteiger partial charge < -0.3 is 21.1 Å². The number of halogens is 2. The van der Waals surface area contributed by atoms with E-state index in [1.54, 1.807) is 26.4 Å². The Morgan fingerprint density at radius 2 is 2.00 bits per heavy atom. The Hall–Kier alpha value is -2.88. The number of nitrogens with zero attached hydrogens (tertiary/aromatic N) is 2. The topological polar surface area (TPSA) is 102 Å². The van der Waals surface area contributed by atoms with E-state index in [2.05, 4.69) is 31.5 Å². The number of amides is 1. The molecule has 1 atom stereocenters. The molecule has 0 saturated heterocycles. The Labute approximate surface area is 219 Å². The molecule has 0 aliphatic heterocycles. The average molecular weight is 556 g/mol. The number of carbonyl (C=O) groups excluding carboxylic acids is 1. The molecule has 0 spiro atoms. The van der Waals surface area contributed by atoms with Gasteiger partial charge in [0.25, 0.3) is 5.91 Å². The van der Waals surface area contributed by atoms with Gasteiger partial charge in [-0.15, -0.1) is 0 Å². The number of nitrogens with one attached hydrogen (secondary N) is 2. The molecule has 36 heavy (non-hydrogen) atoms. The van der Waals surface area contributed by atoms with E-state index in [1.165, 1.54) is 12.1 Å². The molecule has 4 rings (SSSR count). The molecule has 0 bridgehead atoms. The predicted octanol–water partition coefficient (Wildman–Crippen LogP) is 4.99. The van der Waals surface area contributed by atoms with Crippen LogP contribution in [0.15, 0.2) is 53.1 Å². The summed E-state index contributed by atoms with van der Waals surface area (Å²) in [5, 5.41) is 6.00. The van der Waals surface area contributed by atoms with Crippen LogP contribution in [0.2, 0.25) is 0 Å². The summed E-state index contributed by atoms with van der Waals surface area (Å²) in [5.41, 5.74) is 8.73. The number of carbonyl (C=O) groups is 1. The molecule has 4 N–H and O–H groups in total. The van der Waals surface area contributed by atoms with Gasteiger partial charge in [0.2, 0.25) is 0 Å². The molecule has 190 valence electrons. The van der Waals surface area contributed by atoms with Crippen LogP contribution in [0.3, 0.4) is 0 Å². The molecule has 7 nitrogen and oxygen atoms in total. The number of anilines is 1. The van der Waals surface area contributed by atoms with Gasteiger partial charge in [0.1, 0.15) is 17.3 Å². The lowest BCUT2D eigenvalue weighted by molar-refractivity contribution is 0.0655. The first-order valence-corrected chi connectivity index (χ1v) is 12.8. The summed E-state index contributed by atoms with van der Waals surface area (Å²) in [5.74, 6) is -0.651. The number of likely N-dealkylation sites (N-methyl/N-ethyl adjacent to an activating group) is 1. The monoisotopic (exact) mass is 555 g/mol. The quantitative estimate of drug-likeness (QED) is 0.362. The zero-order valence-corrected chi connectivity index (χ0v) is 22.0. The number of aromatic nitrogens is 2. The number of benzene rings is 2. The number of rotatable bonds is 8. The highest BCUT2D eigenvalue weighted by Crippen LogP contribution is 2.34. The SMILES string of the molecule is CNC[C@@H](NC(=O)c1ccc(-c2nc(C3CCC(OC)CC3)cnc2N)cc1F)c1cccc(Br)c1. The van der Waals surface area contributed by atoms with Gasteiger partial charge in [-0.25, -0.2) is 14.4 Å². The molecule has 1 aliphatic carbocycles. The van der Waals surface area contributed by atoms with Crippen LogP contribution in [-0.4, -0.2) is 42.7 Å². The third kappa shape index (κ3) is 6.08. The van der Waals surface area contributed by atoms with E-state index in [4.69, 9.17) is 15.5 Å². The van der Waals surface area contributed by atoms with Gasteiger partial charge in [-0.3, -0.25) is 4.79 Å². The highest BCUT2D eigenvalue weighted by molar-refractivity contribution is 9.10. The molecule has 1 aromatic heterocycles. The van der Waals surface area contributed by atoms with E-state index < -0.39 is 11.7 Å². The first kappa shape index (κ1) is 26.2. The summed E-state index contributed by atoms with van der Waals surface area (Å²) in [6, 6.07) is 11.8. The molecule has 9 heteroatoms. The molecule has 1 amide bonds. The molecular weight excluding hydrogens is 525 g/mol. The summed E-state index contributed by atoms with van der Waals surface area (Å²) in [6.07, 6.45) is 5.83. The Balaban J connectivity index is 1.54. The van der Waals surface area contributed by atoms with Crippen molar-refractivity contribution in [2.45, 2.75) is 43.7 Å². The largest absolute Gasteiger partial charge is 0.382 e. The van der Waals surface area contributed by atoms with Crippen LogP contribution >= 0.6 is 15.9 Å². The minimum absolute atomic E-state index is 0.0459. The van der Waals surface area contributed by atoms with Crippen molar-refractivity contribution in [3.8, 4) is 11.3 Å². The second-order valence-electron chi connectivity index (χ2n) is 9.07. The van der Waals surface area contributed by atoms with Crippen LogP contribution in [0, 0.1) is 5.82 Å². The number of nitrogens with two attached hydrogens (primary N) is 1. The van der Waals surface area contributed by atoms with Gasteiger partial charge in [0.05, 0.1) is 29.6 Å². The molecule has 0 unspecified atom stereocenters. The number of methoxy groups -OCH3 is 1. The van der Waals surface area contributed by atoms with Gasteiger partial charge in [0, 0.05) is 29.6 Å². The maximum Gasteiger partial charge on any atom is 0.254 e. The Bertz CT molecular complexity index is 1220. The van der Waals surface area contributed by atoms with Crippen molar-refractivity contribution in [2.24, 2.45) is 0 Å². The third-order valence-electron chi connectivity index (χ3n) is 6.70. The highest BCUT2D eigenvalue weighted by Gasteiger charge is 2.25. The Kier molecular flexibility index (Phi) is 8.66. The minimum atomic E-state index is -0.644. The van der Waals surface area contributed by atoms with Crippen molar-refractivity contribution in [3.05, 3.63) is 75.8 Å². The molecule has 2 aromatic carbocycles. The van der Waals surface area contributed by atoms with Gasteiger partial charge in [0.15, 0.2) is 0 Å². The number of nitrogen functional groups attached to an aromatic ring is 1. The summed E-state index contributed by atoms with van der Waals surface area (Å²) in [6.45, 7) is 0.493. The molecule has 1 saturated carbocycles. The van der Waals surface area contributed by atoms with Gasteiger partial charge in [-0.2, -0.15) is 0 Å². The lowest BCUT2D eigenvalue weighted by Crippen LogP contribution is -2.35. The van der Waals surface area contributed by atoms with E-state index in [1.807, 2.05) is 24.3 Å². The molecule has 3 aromatic rings. The first-order valence-electron chi connectivity index (χ1n) is 12.1. The van der Waals surface area contributed by atoms with Crippen LogP contribution in [0.25, 0.3) is 11.3 Å². The number of hydrogen-bond donors (Lipinski definition) is 3. The predicted molar refractivity (Wildman–Crippen MR) is 142 cm³/mol. The Morgan fingerprint density at radius 1 is 1.22 bits per heavy atom. The van der Waals surface area contributed by atoms with Gasteiger partial charge in [-0.1, -0.05) is 34.1 Å². The van der Waals surface area contributed by atoms with Crippen molar-refractivity contribution in [1.82, 2.24) is 20.6 Å². The molecule has 1 aliphatic rings. The van der Waals surface area contributed by atoms with Crippen molar-refractivity contribution < 1.29 is 13.9 Å². The van der Waals surface area contributed by atoms with E-state index in [9.17, 15) is 4.79 Å². The fourth-order valence-electron chi connectivity index (χ4n) is 4.68. The molecule has 1 fully saturated rings. The number of hydrogen-bond acceptors (Lipinski definition) is 6. The normalized spacial score (nSPS) is 18.6. The first-order chi connectivity index (χ1) is 17.4. The van der Waals surface area contributed by atoms with Gasteiger partial charge >= 0.3 is 0 Å². The van der Waals surface area contributed by atoms with E-state index in [0.29, 0.717) is 17.8 Å². The van der Waals surface area contributed by atoms with E-state index >= 15 is 4.39 Å². The van der Waals surface area contributed by atoms with Crippen LogP contribution < -0.4 is 16.4 Å². The number of ether oxygens (including phenoxy) is 1. The summed E-state index contributed by atoms with van der Waals surface area (Å²) < 4.78 is 21.5. The summed E-state index contributed by atoms with van der Waals surface area (Å²) >= 11 is 3.46. The minimum Gasteiger partial charge on any atom is -0.382 e. The maximum absolute atomic E-state index is 15.2. The van der Waals surface area contributed by atoms with Crippen molar-refractivity contribution >= 4 is 27.7 Å². The second-order valence-corrected chi connectivity index (χ2v) is 9.99. The van der Waals surface area contributed by atoms with Crippen LogP contribution in [-0.2, 0) is 4.74 Å². The summed E-state index contributed by atoms with van der Waals surface area (Å²) in [4.78, 5) is 22.1. The zero-order chi connectivity index (χ0) is 25.7. The van der Waals surface area contributed by atoms with Crippen molar-refractivity contribution in [1.29, 1.82) is 0 Å². The summed E-state index contributed by atoms with van der Waals surface area (Å²) in [7, 11) is 3.54. The molecule has 0 radical (unpaired) electrons. The Morgan fingerprint density at radius 3 is 2.67 bits per heavy atom. The lowest BCUT2D eigenvalue weighted by Gasteiger charge is -2.27. The van der Waals surface area contributed by atoms with Crippen molar-refractivity contribution in [2.75, 3.05) is 26.4 Å². The second kappa shape index (κ2) is 11.9. The van der Waals surface area contributed by atoms with Gasteiger partial charge in [-0.05, 0) is 62.6 Å². The fraction of sp³-hybridized carbons (Fsp3) is 0.370. The zero-order valence-electron chi connectivity index (χ0n) is 20.4. The molecular formula is C27H31BrFN5O2. The lowest BCUT2D eigenvalue weighted by atomic mass is 9.85. The van der Waals surface area contributed by atoms with Crippen LogP contribution in [0.1, 0.15) is 59.3 Å². The van der Waals surface area contributed by atoms with Crippen LogP contribution in [0.4, 0.5) is 10.2 Å².